The molecule has 4 rings (SSSR count). The summed E-state index contributed by atoms with van der Waals surface area (Å²) < 4.78 is 0. The van der Waals surface area contributed by atoms with E-state index in [1.807, 2.05) is 18.5 Å². The lowest BCUT2D eigenvalue weighted by Crippen LogP contribution is -1.88. The molecule has 0 aliphatic heterocycles. The fraction of sp³-hybridized carbons (Fsp3) is 0.0500. The van der Waals surface area contributed by atoms with Gasteiger partial charge in [0.25, 0.3) is 0 Å². The van der Waals surface area contributed by atoms with E-state index < -0.39 is 0 Å². The van der Waals surface area contributed by atoms with Crippen molar-refractivity contribution >= 4 is 10.8 Å². The highest BCUT2D eigenvalue weighted by atomic mass is 14.8. The molecular weight excluding hydrogens is 282 g/mol. The van der Waals surface area contributed by atoms with E-state index in [-0.39, 0.29) is 0 Å². The summed E-state index contributed by atoms with van der Waals surface area (Å²) in [5.41, 5.74) is 5.56. The Morgan fingerprint density at radius 2 is 1.52 bits per heavy atom. The molecule has 3 heteroatoms. The second-order valence-electron chi connectivity index (χ2n) is 5.62. The molecule has 0 saturated carbocycles. The van der Waals surface area contributed by atoms with Gasteiger partial charge in [0.15, 0.2) is 0 Å². The summed E-state index contributed by atoms with van der Waals surface area (Å²) in [7, 11) is 0. The minimum atomic E-state index is 0.891. The highest BCUT2D eigenvalue weighted by Crippen LogP contribution is 2.29. The Morgan fingerprint density at radius 1 is 0.652 bits per heavy atom. The SMILES string of the molecule is Cc1cc(-c2ccc3cnccc3c2)cc(-c2cnccn2)c1. The maximum atomic E-state index is 4.40. The van der Waals surface area contributed by atoms with E-state index in [1.54, 1.807) is 18.6 Å². The number of hydrogen-bond donors (Lipinski definition) is 0. The minimum Gasteiger partial charge on any atom is -0.264 e. The van der Waals surface area contributed by atoms with Crippen LogP contribution in [0.2, 0.25) is 0 Å². The van der Waals surface area contributed by atoms with Crippen LogP contribution in [0.4, 0.5) is 0 Å². The van der Waals surface area contributed by atoms with Gasteiger partial charge in [0.1, 0.15) is 0 Å². The predicted octanol–water partition coefficient (Wildman–Crippen LogP) is 4.67. The molecular formula is C20H15N3. The summed E-state index contributed by atoms with van der Waals surface area (Å²) in [5.74, 6) is 0. The topological polar surface area (TPSA) is 38.7 Å². The van der Waals surface area contributed by atoms with Crippen LogP contribution in [-0.4, -0.2) is 15.0 Å². The zero-order valence-electron chi connectivity index (χ0n) is 12.8. The Hall–Kier alpha value is -3.07. The first kappa shape index (κ1) is 13.6. The summed E-state index contributed by atoms with van der Waals surface area (Å²) in [6, 6.07) is 15.0. The maximum absolute atomic E-state index is 4.40. The first-order valence-corrected chi connectivity index (χ1v) is 7.52. The van der Waals surface area contributed by atoms with Gasteiger partial charge in [-0.2, -0.15) is 0 Å². The van der Waals surface area contributed by atoms with E-state index >= 15 is 0 Å². The van der Waals surface area contributed by atoms with Crippen molar-refractivity contribution < 1.29 is 0 Å². The van der Waals surface area contributed by atoms with Gasteiger partial charge < -0.3 is 0 Å². The Labute approximate surface area is 134 Å². The molecule has 0 bridgehead atoms. The van der Waals surface area contributed by atoms with Gasteiger partial charge in [0.2, 0.25) is 0 Å². The average Bonchev–Trinajstić information content (AvgIpc) is 2.61. The molecule has 2 heterocycles. The lowest BCUT2D eigenvalue weighted by atomic mass is 9.97. The molecule has 0 radical (unpaired) electrons. The minimum absolute atomic E-state index is 0.891. The van der Waals surface area contributed by atoms with Gasteiger partial charge >= 0.3 is 0 Å². The van der Waals surface area contributed by atoms with Crippen LogP contribution in [0.25, 0.3) is 33.2 Å². The molecule has 0 saturated heterocycles. The van der Waals surface area contributed by atoms with Crippen molar-refractivity contribution in [3.63, 3.8) is 0 Å². The highest BCUT2D eigenvalue weighted by Gasteiger charge is 2.05. The van der Waals surface area contributed by atoms with Crippen molar-refractivity contribution in [3.05, 3.63) is 79.0 Å². The monoisotopic (exact) mass is 297 g/mol. The predicted molar refractivity (Wildman–Crippen MR) is 92.9 cm³/mol. The van der Waals surface area contributed by atoms with Gasteiger partial charge in [-0.25, -0.2) is 0 Å². The molecule has 110 valence electrons. The number of fused-ring (bicyclic) bond motifs is 1. The highest BCUT2D eigenvalue weighted by molar-refractivity contribution is 5.87. The van der Waals surface area contributed by atoms with Gasteiger partial charge in [0, 0.05) is 35.7 Å². The van der Waals surface area contributed by atoms with Crippen LogP contribution >= 0.6 is 0 Å². The van der Waals surface area contributed by atoms with Crippen molar-refractivity contribution in [2.24, 2.45) is 0 Å². The van der Waals surface area contributed by atoms with Crippen LogP contribution in [0.1, 0.15) is 5.56 Å². The summed E-state index contributed by atoms with van der Waals surface area (Å²) in [6.45, 7) is 2.11. The molecule has 0 N–H and O–H groups in total. The zero-order chi connectivity index (χ0) is 15.6. The molecule has 0 amide bonds. The van der Waals surface area contributed by atoms with Crippen LogP contribution in [0, 0.1) is 6.92 Å². The molecule has 2 aromatic heterocycles. The molecule has 4 aromatic rings. The number of rotatable bonds is 2. The molecule has 0 aliphatic carbocycles. The average molecular weight is 297 g/mol. The van der Waals surface area contributed by atoms with Gasteiger partial charge in [0.05, 0.1) is 11.9 Å². The summed E-state index contributed by atoms with van der Waals surface area (Å²) >= 11 is 0. The number of pyridine rings is 1. The van der Waals surface area contributed by atoms with Crippen molar-refractivity contribution in [3.8, 4) is 22.4 Å². The lowest BCUT2D eigenvalue weighted by molar-refractivity contribution is 1.20. The van der Waals surface area contributed by atoms with E-state index in [1.165, 1.54) is 22.1 Å². The van der Waals surface area contributed by atoms with Crippen LogP contribution in [0.5, 0.6) is 0 Å². The smallest absolute Gasteiger partial charge is 0.0885 e. The van der Waals surface area contributed by atoms with E-state index in [9.17, 15) is 0 Å². The fourth-order valence-corrected chi connectivity index (χ4v) is 2.81. The first-order valence-electron chi connectivity index (χ1n) is 7.52. The van der Waals surface area contributed by atoms with Crippen molar-refractivity contribution in [2.45, 2.75) is 6.92 Å². The molecule has 2 aromatic carbocycles. The van der Waals surface area contributed by atoms with E-state index in [4.69, 9.17) is 0 Å². The summed E-state index contributed by atoms with van der Waals surface area (Å²) in [6.07, 6.45) is 8.93. The number of benzene rings is 2. The Kier molecular flexibility index (Phi) is 3.31. The van der Waals surface area contributed by atoms with Crippen LogP contribution in [0.3, 0.4) is 0 Å². The Bertz CT molecular complexity index is 978. The van der Waals surface area contributed by atoms with Crippen molar-refractivity contribution in [2.75, 3.05) is 0 Å². The Balaban J connectivity index is 1.86. The second-order valence-corrected chi connectivity index (χ2v) is 5.62. The van der Waals surface area contributed by atoms with Gasteiger partial charge in [-0.3, -0.25) is 15.0 Å². The fourth-order valence-electron chi connectivity index (χ4n) is 2.81. The first-order chi connectivity index (χ1) is 11.3. The van der Waals surface area contributed by atoms with Gasteiger partial charge in [-0.1, -0.05) is 18.2 Å². The molecule has 3 nitrogen and oxygen atoms in total. The van der Waals surface area contributed by atoms with Crippen LogP contribution < -0.4 is 0 Å². The molecule has 23 heavy (non-hydrogen) atoms. The third kappa shape index (κ3) is 2.69. The van der Waals surface area contributed by atoms with Crippen molar-refractivity contribution in [1.82, 2.24) is 15.0 Å². The van der Waals surface area contributed by atoms with E-state index in [0.29, 0.717) is 0 Å². The molecule has 0 aliphatic rings. The number of hydrogen-bond acceptors (Lipinski definition) is 3. The normalized spacial score (nSPS) is 10.8. The van der Waals surface area contributed by atoms with Crippen molar-refractivity contribution in [1.29, 1.82) is 0 Å². The summed E-state index contributed by atoms with van der Waals surface area (Å²) in [5, 5.41) is 2.35. The largest absolute Gasteiger partial charge is 0.264 e. The molecule has 0 unspecified atom stereocenters. The summed E-state index contributed by atoms with van der Waals surface area (Å²) in [4.78, 5) is 12.7. The quantitative estimate of drug-likeness (QED) is 0.540. The Morgan fingerprint density at radius 3 is 2.39 bits per heavy atom. The standard InChI is InChI=1S/C20H15N3/c1-14-8-18(11-19(9-14)20-13-22-6-7-23-20)15-2-3-17-12-21-5-4-16(17)10-15/h2-13H,1H3. The second kappa shape index (κ2) is 5.61. The number of aryl methyl sites for hydroxylation is 1. The van der Waals surface area contributed by atoms with Crippen LogP contribution in [-0.2, 0) is 0 Å². The van der Waals surface area contributed by atoms with Gasteiger partial charge in [-0.15, -0.1) is 0 Å². The van der Waals surface area contributed by atoms with Gasteiger partial charge in [-0.05, 0) is 53.3 Å². The molecule has 0 atom stereocenters. The maximum Gasteiger partial charge on any atom is 0.0885 e. The number of aromatic nitrogens is 3. The third-order valence-corrected chi connectivity index (χ3v) is 3.91. The molecule has 0 fully saturated rings. The third-order valence-electron chi connectivity index (χ3n) is 3.91. The molecule has 0 spiro atoms. The lowest BCUT2D eigenvalue weighted by Gasteiger charge is -2.08. The van der Waals surface area contributed by atoms with E-state index in [0.717, 1.165) is 16.6 Å². The van der Waals surface area contributed by atoms with Crippen LogP contribution in [0.15, 0.2) is 73.4 Å². The zero-order valence-corrected chi connectivity index (χ0v) is 12.8. The number of nitrogens with zero attached hydrogens (tertiary/aromatic N) is 3. The van der Waals surface area contributed by atoms with E-state index in [2.05, 4.69) is 58.3 Å².